The maximum absolute atomic E-state index is 12.9. The Labute approximate surface area is 292 Å². The first-order valence-electron chi connectivity index (χ1n) is 16.1. The van der Waals surface area contributed by atoms with Gasteiger partial charge in [0, 0.05) is 24.6 Å². The molecule has 11 atom stereocenters. The van der Waals surface area contributed by atoms with Crippen molar-refractivity contribution in [3.63, 3.8) is 0 Å². The smallest absolute Gasteiger partial charge is 0.251 e. The number of halogens is 1. The Morgan fingerprint density at radius 2 is 1.56 bits per heavy atom. The molecular formula is C35H39ClN2O12. The van der Waals surface area contributed by atoms with E-state index in [1.807, 2.05) is 30.3 Å². The van der Waals surface area contributed by atoms with E-state index in [2.05, 4.69) is 10.6 Å². The zero-order valence-corrected chi connectivity index (χ0v) is 27.7. The van der Waals surface area contributed by atoms with Crippen LogP contribution in [0.3, 0.4) is 0 Å². The number of aliphatic hydroxyl groups excluding tert-OH is 4. The summed E-state index contributed by atoms with van der Waals surface area (Å²) >= 11 is 6.18. The fourth-order valence-corrected chi connectivity index (χ4v) is 6.18. The number of fused-ring (bicyclic) bond motifs is 1. The standard InChI is InChI=1S/C35H39ClN2O12/c1-18(39)38-23-14-19(12-13-22(23)36)16-45-34-28(42)26(40)30(24(47-34)15-37-32(44)20-8-4-2-5-9-20)50-35-29(43)27(41)31-25(48-35)17-46-33(49-31)21-10-6-3-7-11-21/h2-14,24-31,33-35,40-43H,15-17H2,1H3,(H,37,44)(H,38,39)/t24-,25-,26-,27-,28-,29-,30-,31-,33?,34-,35-/m1/s1. The van der Waals surface area contributed by atoms with Crippen LogP contribution in [0.5, 0.6) is 0 Å². The molecule has 0 radical (unpaired) electrons. The van der Waals surface area contributed by atoms with Gasteiger partial charge in [-0.05, 0) is 29.8 Å². The Hall–Kier alpha value is -3.51. The molecule has 268 valence electrons. The normalized spacial score (nSPS) is 32.5. The van der Waals surface area contributed by atoms with Crippen LogP contribution in [-0.4, -0.2) is 107 Å². The number of amides is 2. The second-order valence-corrected chi connectivity index (χ2v) is 12.6. The van der Waals surface area contributed by atoms with Crippen molar-refractivity contribution in [3.05, 3.63) is 101 Å². The fraction of sp³-hybridized carbons (Fsp3) is 0.429. The highest BCUT2D eigenvalue weighted by molar-refractivity contribution is 6.33. The third kappa shape index (κ3) is 8.33. The van der Waals surface area contributed by atoms with Gasteiger partial charge < -0.3 is 59.5 Å². The van der Waals surface area contributed by atoms with E-state index < -0.39 is 73.6 Å². The van der Waals surface area contributed by atoms with Crippen molar-refractivity contribution in [2.24, 2.45) is 0 Å². The molecule has 15 heteroatoms. The predicted octanol–water partition coefficient (Wildman–Crippen LogP) is 1.64. The summed E-state index contributed by atoms with van der Waals surface area (Å²) in [4.78, 5) is 24.5. The van der Waals surface area contributed by atoms with Crippen LogP contribution in [0, 0.1) is 0 Å². The van der Waals surface area contributed by atoms with Crippen molar-refractivity contribution in [2.75, 3.05) is 18.5 Å². The second kappa shape index (κ2) is 16.2. The van der Waals surface area contributed by atoms with Gasteiger partial charge in [-0.1, -0.05) is 66.2 Å². The molecule has 50 heavy (non-hydrogen) atoms. The Bertz CT molecular complexity index is 1600. The van der Waals surface area contributed by atoms with Gasteiger partial charge in [-0.25, -0.2) is 0 Å². The minimum absolute atomic E-state index is 0.00103. The van der Waals surface area contributed by atoms with Gasteiger partial charge >= 0.3 is 0 Å². The highest BCUT2D eigenvalue weighted by Crippen LogP contribution is 2.36. The van der Waals surface area contributed by atoms with Crippen molar-refractivity contribution in [1.29, 1.82) is 0 Å². The quantitative estimate of drug-likeness (QED) is 0.178. The Balaban J connectivity index is 1.16. The lowest BCUT2D eigenvalue weighted by Crippen LogP contribution is -2.66. The molecule has 3 aliphatic heterocycles. The summed E-state index contributed by atoms with van der Waals surface area (Å²) in [5, 5.41) is 50.3. The van der Waals surface area contributed by atoms with E-state index in [0.717, 1.165) is 5.56 Å². The third-order valence-corrected chi connectivity index (χ3v) is 8.92. The monoisotopic (exact) mass is 714 g/mol. The highest BCUT2D eigenvalue weighted by Gasteiger charge is 2.53. The average Bonchev–Trinajstić information content (AvgIpc) is 3.13. The third-order valence-electron chi connectivity index (χ3n) is 8.59. The number of anilines is 1. The van der Waals surface area contributed by atoms with Crippen LogP contribution < -0.4 is 10.6 Å². The molecule has 0 aromatic heterocycles. The Kier molecular flexibility index (Phi) is 11.8. The number of benzene rings is 3. The molecule has 3 aliphatic rings. The molecule has 2 amide bonds. The largest absolute Gasteiger partial charge is 0.387 e. The maximum atomic E-state index is 12.9. The van der Waals surface area contributed by atoms with E-state index in [-0.39, 0.29) is 25.7 Å². The maximum Gasteiger partial charge on any atom is 0.251 e. The average molecular weight is 715 g/mol. The van der Waals surface area contributed by atoms with Crippen LogP contribution in [0.4, 0.5) is 5.69 Å². The first-order chi connectivity index (χ1) is 24.1. The zero-order chi connectivity index (χ0) is 35.4. The van der Waals surface area contributed by atoms with E-state index in [4.69, 9.17) is 40.0 Å². The molecule has 1 unspecified atom stereocenters. The molecule has 6 N–H and O–H groups in total. The van der Waals surface area contributed by atoms with Crippen LogP contribution in [0.15, 0.2) is 78.9 Å². The van der Waals surface area contributed by atoms with Crippen LogP contribution in [0.1, 0.15) is 34.7 Å². The lowest BCUT2D eigenvalue weighted by Gasteiger charge is -2.49. The fourth-order valence-electron chi connectivity index (χ4n) is 6.01. The molecule has 6 rings (SSSR count). The molecule has 3 saturated heterocycles. The van der Waals surface area contributed by atoms with E-state index in [0.29, 0.717) is 21.8 Å². The van der Waals surface area contributed by atoms with E-state index in [9.17, 15) is 30.0 Å². The predicted molar refractivity (Wildman–Crippen MR) is 176 cm³/mol. The van der Waals surface area contributed by atoms with Gasteiger partial charge in [0.1, 0.15) is 48.8 Å². The number of aliphatic hydroxyl groups is 4. The Morgan fingerprint density at radius 1 is 0.860 bits per heavy atom. The molecular weight excluding hydrogens is 676 g/mol. The van der Waals surface area contributed by atoms with Crippen molar-refractivity contribution in [1.82, 2.24) is 5.32 Å². The van der Waals surface area contributed by atoms with Crippen molar-refractivity contribution in [2.45, 2.75) is 81.2 Å². The minimum Gasteiger partial charge on any atom is -0.387 e. The van der Waals surface area contributed by atoms with Crippen molar-refractivity contribution >= 4 is 29.1 Å². The highest BCUT2D eigenvalue weighted by atomic mass is 35.5. The van der Waals surface area contributed by atoms with E-state index in [1.165, 1.54) is 6.92 Å². The number of hydrogen-bond acceptors (Lipinski definition) is 12. The molecule has 0 bridgehead atoms. The molecule has 3 heterocycles. The van der Waals surface area contributed by atoms with Gasteiger partial charge in [0.05, 0.1) is 23.9 Å². The van der Waals surface area contributed by atoms with Gasteiger partial charge in [-0.15, -0.1) is 0 Å². The molecule has 3 aromatic rings. The van der Waals surface area contributed by atoms with E-state index in [1.54, 1.807) is 48.5 Å². The lowest BCUT2D eigenvalue weighted by atomic mass is 9.96. The van der Waals surface area contributed by atoms with Crippen molar-refractivity contribution in [3.8, 4) is 0 Å². The van der Waals surface area contributed by atoms with Crippen LogP contribution in [-0.2, 0) is 39.8 Å². The topological polar surface area (TPSA) is 194 Å². The number of ether oxygens (including phenoxy) is 6. The number of carbonyl (C=O) groups is 2. The van der Waals surface area contributed by atoms with Gasteiger partial charge in [0.25, 0.3) is 5.91 Å². The summed E-state index contributed by atoms with van der Waals surface area (Å²) in [5.74, 6) is -0.755. The number of nitrogens with one attached hydrogen (secondary N) is 2. The summed E-state index contributed by atoms with van der Waals surface area (Å²) in [7, 11) is 0. The molecule has 0 saturated carbocycles. The van der Waals surface area contributed by atoms with Gasteiger partial charge in [-0.3, -0.25) is 9.59 Å². The Morgan fingerprint density at radius 3 is 2.28 bits per heavy atom. The SMILES string of the molecule is CC(=O)Nc1cc(CO[C@@H]2O[C@H](CNC(=O)c3ccccc3)[C@@H](O[C@H]3O[C@@H]4COC(c5ccccc5)O[C@H]4[C@H](O)[C@H]3O)[C@H](O)[C@H]2O)ccc1Cl. The number of hydrogen-bond donors (Lipinski definition) is 6. The first-order valence-corrected chi connectivity index (χ1v) is 16.5. The van der Waals surface area contributed by atoms with Gasteiger partial charge in [0.2, 0.25) is 5.91 Å². The van der Waals surface area contributed by atoms with E-state index >= 15 is 0 Å². The molecule has 3 aromatic carbocycles. The summed E-state index contributed by atoms with van der Waals surface area (Å²) < 4.78 is 35.7. The van der Waals surface area contributed by atoms with Crippen molar-refractivity contribution < 1.29 is 58.4 Å². The molecule has 3 fully saturated rings. The minimum atomic E-state index is -1.67. The molecule has 0 spiro atoms. The van der Waals surface area contributed by atoms with Gasteiger partial charge in [0.15, 0.2) is 18.9 Å². The molecule has 14 nitrogen and oxygen atoms in total. The summed E-state index contributed by atoms with van der Waals surface area (Å²) in [6.07, 6.45) is -14.4. The molecule has 0 aliphatic carbocycles. The van der Waals surface area contributed by atoms with Gasteiger partial charge in [-0.2, -0.15) is 0 Å². The summed E-state index contributed by atoms with van der Waals surface area (Å²) in [6, 6.07) is 22.4. The number of rotatable bonds is 10. The summed E-state index contributed by atoms with van der Waals surface area (Å²) in [6.45, 7) is 1.02. The zero-order valence-electron chi connectivity index (χ0n) is 26.9. The second-order valence-electron chi connectivity index (χ2n) is 12.2. The van der Waals surface area contributed by atoms with Crippen LogP contribution in [0.25, 0.3) is 0 Å². The van der Waals surface area contributed by atoms with Crippen LogP contribution in [0.2, 0.25) is 5.02 Å². The lowest BCUT2D eigenvalue weighted by molar-refractivity contribution is -0.384. The van der Waals surface area contributed by atoms with Crippen LogP contribution >= 0.6 is 11.6 Å². The summed E-state index contributed by atoms with van der Waals surface area (Å²) in [5.41, 5.74) is 2.03. The first kappa shape index (κ1) is 36.3. The number of carbonyl (C=O) groups excluding carboxylic acids is 2.